The van der Waals surface area contributed by atoms with Gasteiger partial charge in [-0.05, 0) is 44.4 Å². The van der Waals surface area contributed by atoms with E-state index in [4.69, 9.17) is 0 Å². The molecule has 1 N–H and O–H groups in total. The number of nitrogens with zero attached hydrogens (tertiary/aromatic N) is 2. The first-order valence-electron chi connectivity index (χ1n) is 7.14. The summed E-state index contributed by atoms with van der Waals surface area (Å²) in [6.07, 6.45) is 3.43. The lowest BCUT2D eigenvalue weighted by Gasteiger charge is -2.27. The van der Waals surface area contributed by atoms with Gasteiger partial charge in [0.25, 0.3) is 0 Å². The molecule has 1 aliphatic rings. The van der Waals surface area contributed by atoms with Crippen molar-refractivity contribution in [1.82, 2.24) is 9.78 Å². The Balaban J connectivity index is 1.75. The third-order valence-electron chi connectivity index (χ3n) is 3.88. The van der Waals surface area contributed by atoms with Crippen LogP contribution in [0, 0.1) is 6.92 Å². The van der Waals surface area contributed by atoms with E-state index >= 15 is 0 Å². The van der Waals surface area contributed by atoms with Gasteiger partial charge in [0, 0.05) is 30.4 Å². The fourth-order valence-corrected chi connectivity index (χ4v) is 2.94. The summed E-state index contributed by atoms with van der Waals surface area (Å²) in [7, 11) is 0. The van der Waals surface area contributed by atoms with E-state index in [1.54, 1.807) is 0 Å². The summed E-state index contributed by atoms with van der Waals surface area (Å²) >= 11 is 0. The largest absolute Gasteiger partial charge is 0.382 e. The Kier molecular flexibility index (Phi) is 3.28. The minimum absolute atomic E-state index is 0.524. The number of aromatic nitrogens is 2. The number of nitrogens with one attached hydrogen (secondary N) is 1. The molecule has 2 heterocycles. The molecule has 0 saturated heterocycles. The van der Waals surface area contributed by atoms with Gasteiger partial charge in [0.2, 0.25) is 0 Å². The van der Waals surface area contributed by atoms with Crippen molar-refractivity contribution in [3.8, 4) is 0 Å². The standard InChI is InChI=1S/C16H21N3/c1-3-19-15(10-12(2)18-19)11-14-9-8-13-6-4-5-7-16(13)17-14/h4-7,10,14,17H,3,8-9,11H2,1-2H3. The number of aryl methyl sites for hydroxylation is 3. The van der Waals surface area contributed by atoms with Gasteiger partial charge in [0.05, 0.1) is 5.69 Å². The fraction of sp³-hybridized carbons (Fsp3) is 0.438. The molecule has 19 heavy (non-hydrogen) atoms. The Labute approximate surface area is 114 Å². The third-order valence-corrected chi connectivity index (χ3v) is 3.88. The second kappa shape index (κ2) is 5.08. The highest BCUT2D eigenvalue weighted by molar-refractivity contribution is 5.53. The average molecular weight is 255 g/mol. The molecule has 1 atom stereocenters. The first kappa shape index (κ1) is 12.3. The predicted molar refractivity (Wildman–Crippen MR) is 78.5 cm³/mol. The van der Waals surface area contributed by atoms with Crippen molar-refractivity contribution in [1.29, 1.82) is 0 Å². The van der Waals surface area contributed by atoms with Gasteiger partial charge in [-0.3, -0.25) is 4.68 Å². The maximum Gasteiger partial charge on any atom is 0.0596 e. The number of rotatable bonds is 3. The van der Waals surface area contributed by atoms with Crippen molar-refractivity contribution < 1.29 is 0 Å². The van der Waals surface area contributed by atoms with Crippen LogP contribution in [0.15, 0.2) is 30.3 Å². The van der Waals surface area contributed by atoms with Crippen molar-refractivity contribution in [2.24, 2.45) is 0 Å². The van der Waals surface area contributed by atoms with Crippen LogP contribution in [-0.4, -0.2) is 15.8 Å². The molecule has 0 aliphatic carbocycles. The first-order valence-corrected chi connectivity index (χ1v) is 7.14. The van der Waals surface area contributed by atoms with Crippen molar-refractivity contribution in [2.45, 2.75) is 45.7 Å². The normalized spacial score (nSPS) is 17.9. The molecule has 0 spiro atoms. The monoisotopic (exact) mass is 255 g/mol. The highest BCUT2D eigenvalue weighted by Gasteiger charge is 2.19. The van der Waals surface area contributed by atoms with Gasteiger partial charge in [-0.25, -0.2) is 0 Å². The van der Waals surface area contributed by atoms with Crippen LogP contribution < -0.4 is 5.32 Å². The summed E-state index contributed by atoms with van der Waals surface area (Å²) in [4.78, 5) is 0. The lowest BCUT2D eigenvalue weighted by molar-refractivity contribution is 0.565. The SMILES string of the molecule is CCn1nc(C)cc1CC1CCc2ccccc2N1. The smallest absolute Gasteiger partial charge is 0.0596 e. The fourth-order valence-electron chi connectivity index (χ4n) is 2.94. The van der Waals surface area contributed by atoms with Crippen molar-refractivity contribution >= 4 is 5.69 Å². The Morgan fingerprint density at radius 2 is 2.21 bits per heavy atom. The number of hydrogen-bond acceptors (Lipinski definition) is 2. The summed E-state index contributed by atoms with van der Waals surface area (Å²) in [5.74, 6) is 0. The van der Waals surface area contributed by atoms with Gasteiger partial charge < -0.3 is 5.32 Å². The molecule has 100 valence electrons. The number of para-hydroxylation sites is 1. The van der Waals surface area contributed by atoms with E-state index in [1.165, 1.54) is 29.8 Å². The van der Waals surface area contributed by atoms with Crippen molar-refractivity contribution in [3.63, 3.8) is 0 Å². The quantitative estimate of drug-likeness (QED) is 0.913. The summed E-state index contributed by atoms with van der Waals surface area (Å²) in [6, 6.07) is 11.4. The van der Waals surface area contributed by atoms with Crippen LogP contribution in [0.1, 0.15) is 30.3 Å². The summed E-state index contributed by atoms with van der Waals surface area (Å²) in [5, 5.41) is 8.19. The van der Waals surface area contributed by atoms with E-state index < -0.39 is 0 Å². The third kappa shape index (κ3) is 2.50. The topological polar surface area (TPSA) is 29.9 Å². The molecular weight excluding hydrogens is 234 g/mol. The number of hydrogen-bond donors (Lipinski definition) is 1. The Bertz CT molecular complexity index is 571. The van der Waals surface area contributed by atoms with E-state index in [9.17, 15) is 0 Å². The highest BCUT2D eigenvalue weighted by Crippen LogP contribution is 2.25. The summed E-state index contributed by atoms with van der Waals surface area (Å²) in [6.45, 7) is 5.17. The molecule has 0 radical (unpaired) electrons. The van der Waals surface area contributed by atoms with Gasteiger partial charge in [0.15, 0.2) is 0 Å². The maximum atomic E-state index is 4.53. The molecule has 3 heteroatoms. The molecule has 0 saturated carbocycles. The molecule has 1 aromatic carbocycles. The van der Waals surface area contributed by atoms with Crippen molar-refractivity contribution in [2.75, 3.05) is 5.32 Å². The van der Waals surface area contributed by atoms with Crippen LogP contribution in [0.4, 0.5) is 5.69 Å². The van der Waals surface area contributed by atoms with Gasteiger partial charge in [-0.15, -0.1) is 0 Å². The molecule has 1 aromatic heterocycles. The number of benzene rings is 1. The van der Waals surface area contributed by atoms with Gasteiger partial charge in [0.1, 0.15) is 0 Å². The molecular formula is C16H21N3. The van der Waals surface area contributed by atoms with Gasteiger partial charge in [-0.2, -0.15) is 5.10 Å². The summed E-state index contributed by atoms with van der Waals surface area (Å²) in [5.41, 5.74) is 5.21. The lowest BCUT2D eigenvalue weighted by Crippen LogP contribution is -2.28. The van der Waals surface area contributed by atoms with Crippen LogP contribution in [0.3, 0.4) is 0 Å². The van der Waals surface area contributed by atoms with E-state index in [0.29, 0.717) is 6.04 Å². The van der Waals surface area contributed by atoms with Crippen LogP contribution in [0.25, 0.3) is 0 Å². The highest BCUT2D eigenvalue weighted by atomic mass is 15.3. The second-order valence-electron chi connectivity index (χ2n) is 5.33. The van der Waals surface area contributed by atoms with E-state index in [2.05, 4.69) is 59.3 Å². The summed E-state index contributed by atoms with van der Waals surface area (Å²) < 4.78 is 2.12. The van der Waals surface area contributed by atoms with E-state index in [0.717, 1.165) is 18.7 Å². The molecule has 1 aliphatic heterocycles. The van der Waals surface area contributed by atoms with Crippen LogP contribution in [0.5, 0.6) is 0 Å². The van der Waals surface area contributed by atoms with Crippen LogP contribution in [0.2, 0.25) is 0 Å². The van der Waals surface area contributed by atoms with Crippen LogP contribution >= 0.6 is 0 Å². The van der Waals surface area contributed by atoms with Crippen molar-refractivity contribution in [3.05, 3.63) is 47.3 Å². The lowest BCUT2D eigenvalue weighted by atomic mass is 9.95. The minimum atomic E-state index is 0.524. The Hall–Kier alpha value is -1.77. The minimum Gasteiger partial charge on any atom is -0.382 e. The molecule has 0 amide bonds. The van der Waals surface area contributed by atoms with E-state index in [1.807, 2.05) is 0 Å². The molecule has 1 unspecified atom stereocenters. The zero-order valence-corrected chi connectivity index (χ0v) is 11.7. The van der Waals surface area contributed by atoms with E-state index in [-0.39, 0.29) is 0 Å². The maximum absolute atomic E-state index is 4.53. The van der Waals surface area contributed by atoms with Crippen LogP contribution in [-0.2, 0) is 19.4 Å². The zero-order chi connectivity index (χ0) is 13.2. The molecule has 0 bridgehead atoms. The first-order chi connectivity index (χ1) is 9.26. The zero-order valence-electron chi connectivity index (χ0n) is 11.7. The Morgan fingerprint density at radius 3 is 3.05 bits per heavy atom. The van der Waals surface area contributed by atoms with Gasteiger partial charge >= 0.3 is 0 Å². The molecule has 3 rings (SSSR count). The molecule has 3 nitrogen and oxygen atoms in total. The van der Waals surface area contributed by atoms with Gasteiger partial charge in [-0.1, -0.05) is 18.2 Å². The average Bonchev–Trinajstić information content (AvgIpc) is 2.78. The predicted octanol–water partition coefficient (Wildman–Crippen LogP) is 3.18. The second-order valence-corrected chi connectivity index (χ2v) is 5.33. The molecule has 0 fully saturated rings. The Morgan fingerprint density at radius 1 is 1.37 bits per heavy atom. The number of fused-ring (bicyclic) bond motifs is 1. The molecule has 2 aromatic rings. The number of anilines is 1.